The van der Waals surface area contributed by atoms with Crippen molar-refractivity contribution < 1.29 is 4.74 Å². The molecule has 0 radical (unpaired) electrons. The number of nitrogens with one attached hydrogen (secondary N) is 1. The van der Waals surface area contributed by atoms with Gasteiger partial charge in [-0.1, -0.05) is 62.0 Å². The van der Waals surface area contributed by atoms with Crippen LogP contribution in [-0.2, 0) is 4.74 Å². The Bertz CT molecular complexity index is 589. The Morgan fingerprint density at radius 2 is 1.81 bits per heavy atom. The van der Waals surface area contributed by atoms with E-state index in [4.69, 9.17) is 4.74 Å². The zero-order valence-electron chi connectivity index (χ0n) is 17.7. The second kappa shape index (κ2) is 10.8. The maximum atomic E-state index is 6.37. The van der Waals surface area contributed by atoms with Crippen LogP contribution in [0, 0.1) is 5.41 Å². The molecule has 27 heavy (non-hydrogen) atoms. The van der Waals surface area contributed by atoms with Crippen molar-refractivity contribution in [2.24, 2.45) is 5.41 Å². The first-order valence-electron chi connectivity index (χ1n) is 10.7. The molecule has 1 aliphatic heterocycles. The van der Waals surface area contributed by atoms with Crippen molar-refractivity contribution in [2.75, 3.05) is 19.7 Å². The van der Waals surface area contributed by atoms with Gasteiger partial charge >= 0.3 is 0 Å². The Morgan fingerprint density at radius 1 is 1.07 bits per heavy atom. The minimum absolute atomic E-state index is 0.111. The van der Waals surface area contributed by atoms with Crippen molar-refractivity contribution in [1.82, 2.24) is 5.32 Å². The van der Waals surface area contributed by atoms with Gasteiger partial charge in [0.15, 0.2) is 0 Å². The van der Waals surface area contributed by atoms with E-state index < -0.39 is 0 Å². The number of rotatable bonds is 9. The quantitative estimate of drug-likeness (QED) is 0.381. The van der Waals surface area contributed by atoms with Crippen LogP contribution in [0.2, 0.25) is 0 Å². The molecule has 2 nitrogen and oxygen atoms in total. The SMILES string of the molecule is C=C/C=C(\C=C/C)[C@]1(CCNCC(/C=C\C)=C/C)CCOC2(CCCC2)C1. The van der Waals surface area contributed by atoms with Gasteiger partial charge < -0.3 is 10.1 Å². The van der Waals surface area contributed by atoms with Crippen LogP contribution in [0.25, 0.3) is 0 Å². The van der Waals surface area contributed by atoms with E-state index in [-0.39, 0.29) is 11.0 Å². The molecular formula is C25H39NO. The smallest absolute Gasteiger partial charge is 0.0691 e. The fraction of sp³-hybridized carbons (Fsp3) is 0.600. The van der Waals surface area contributed by atoms with Crippen LogP contribution < -0.4 is 5.32 Å². The lowest BCUT2D eigenvalue weighted by atomic mass is 9.65. The van der Waals surface area contributed by atoms with Gasteiger partial charge in [0.1, 0.15) is 0 Å². The summed E-state index contributed by atoms with van der Waals surface area (Å²) in [6, 6.07) is 0. The third-order valence-electron chi connectivity index (χ3n) is 6.28. The van der Waals surface area contributed by atoms with E-state index in [1.54, 1.807) is 0 Å². The molecule has 1 atom stereocenters. The lowest BCUT2D eigenvalue weighted by molar-refractivity contribution is -0.114. The number of allylic oxidation sites excluding steroid dienone is 7. The lowest BCUT2D eigenvalue weighted by Gasteiger charge is -2.47. The predicted molar refractivity (Wildman–Crippen MR) is 118 cm³/mol. The molecule has 0 amide bonds. The maximum Gasteiger partial charge on any atom is 0.0691 e. The van der Waals surface area contributed by atoms with Gasteiger partial charge in [0.2, 0.25) is 0 Å². The summed E-state index contributed by atoms with van der Waals surface area (Å²) in [5.74, 6) is 0. The number of hydrogen-bond acceptors (Lipinski definition) is 2. The summed E-state index contributed by atoms with van der Waals surface area (Å²) in [6.07, 6.45) is 23.6. The summed E-state index contributed by atoms with van der Waals surface area (Å²) in [4.78, 5) is 0. The average molecular weight is 370 g/mol. The molecule has 150 valence electrons. The largest absolute Gasteiger partial charge is 0.375 e. The standard InChI is InChI=1S/C25H39NO/c1-5-11-22(8-4)20-26-18-16-24(23(12-6-2)13-7-3)17-19-27-25(21-24)14-9-10-15-25/h5-8,11-13,26H,2,9-10,14-21H2,1,3-4H3/b11-5-,13-7-,22-8+,23-12+/t24-/m1/s1. The second-order valence-electron chi connectivity index (χ2n) is 8.09. The molecule has 0 bridgehead atoms. The Morgan fingerprint density at radius 3 is 2.44 bits per heavy atom. The molecule has 2 heteroatoms. The highest BCUT2D eigenvalue weighted by atomic mass is 16.5. The molecular weight excluding hydrogens is 330 g/mol. The molecule has 0 aromatic rings. The van der Waals surface area contributed by atoms with Crippen molar-refractivity contribution in [2.45, 2.75) is 71.3 Å². The first-order valence-corrected chi connectivity index (χ1v) is 10.7. The molecule has 1 spiro atoms. The molecule has 2 fully saturated rings. The third kappa shape index (κ3) is 5.80. The lowest BCUT2D eigenvalue weighted by Crippen LogP contribution is -2.45. The van der Waals surface area contributed by atoms with Gasteiger partial charge in [-0.15, -0.1) is 0 Å². The van der Waals surface area contributed by atoms with Crippen molar-refractivity contribution in [1.29, 1.82) is 0 Å². The highest BCUT2D eigenvalue weighted by molar-refractivity contribution is 5.32. The van der Waals surface area contributed by atoms with Crippen LogP contribution in [0.3, 0.4) is 0 Å². The van der Waals surface area contributed by atoms with Crippen LogP contribution in [0.1, 0.15) is 65.7 Å². The number of ether oxygens (including phenoxy) is 1. The topological polar surface area (TPSA) is 21.3 Å². The van der Waals surface area contributed by atoms with Crippen LogP contribution in [0.15, 0.2) is 60.3 Å². The van der Waals surface area contributed by atoms with Crippen molar-refractivity contribution in [3.63, 3.8) is 0 Å². The predicted octanol–water partition coefficient (Wildman–Crippen LogP) is 6.29. The molecule has 2 rings (SSSR count). The number of hydrogen-bond donors (Lipinski definition) is 1. The molecule has 0 unspecified atom stereocenters. The molecule has 2 aliphatic rings. The van der Waals surface area contributed by atoms with Gasteiger partial charge in [-0.05, 0) is 70.6 Å². The van der Waals surface area contributed by atoms with Crippen LogP contribution in [0.5, 0.6) is 0 Å². The fourth-order valence-corrected chi connectivity index (χ4v) is 4.91. The van der Waals surface area contributed by atoms with Gasteiger partial charge in [0.25, 0.3) is 0 Å². The van der Waals surface area contributed by atoms with Crippen molar-refractivity contribution in [3.8, 4) is 0 Å². The summed E-state index contributed by atoms with van der Waals surface area (Å²) in [7, 11) is 0. The van der Waals surface area contributed by atoms with Gasteiger partial charge in [0.05, 0.1) is 5.60 Å². The van der Waals surface area contributed by atoms with E-state index in [0.29, 0.717) is 0 Å². The highest BCUT2D eigenvalue weighted by Gasteiger charge is 2.47. The van der Waals surface area contributed by atoms with Crippen LogP contribution in [-0.4, -0.2) is 25.3 Å². The van der Waals surface area contributed by atoms with E-state index in [1.165, 1.54) is 36.8 Å². The van der Waals surface area contributed by atoms with Crippen molar-refractivity contribution in [3.05, 3.63) is 60.3 Å². The first kappa shape index (κ1) is 21.9. The summed E-state index contributed by atoms with van der Waals surface area (Å²) < 4.78 is 6.37. The Balaban J connectivity index is 2.15. The minimum atomic E-state index is 0.111. The Hall–Kier alpha value is -1.38. The summed E-state index contributed by atoms with van der Waals surface area (Å²) >= 11 is 0. The minimum Gasteiger partial charge on any atom is -0.375 e. The van der Waals surface area contributed by atoms with E-state index in [9.17, 15) is 0 Å². The Kier molecular flexibility index (Phi) is 8.79. The van der Waals surface area contributed by atoms with Gasteiger partial charge in [-0.2, -0.15) is 0 Å². The van der Waals surface area contributed by atoms with Crippen LogP contribution >= 0.6 is 0 Å². The first-order chi connectivity index (χ1) is 13.1. The summed E-state index contributed by atoms with van der Waals surface area (Å²) in [5, 5.41) is 3.67. The second-order valence-corrected chi connectivity index (χ2v) is 8.09. The van der Waals surface area contributed by atoms with E-state index >= 15 is 0 Å². The maximum absolute atomic E-state index is 6.37. The summed E-state index contributed by atoms with van der Waals surface area (Å²) in [6.45, 7) is 13.1. The zero-order valence-corrected chi connectivity index (χ0v) is 17.7. The molecule has 0 aromatic heterocycles. The monoisotopic (exact) mass is 369 g/mol. The zero-order chi connectivity index (χ0) is 19.6. The molecule has 1 N–H and O–H groups in total. The third-order valence-corrected chi connectivity index (χ3v) is 6.28. The van der Waals surface area contributed by atoms with Gasteiger partial charge in [-0.3, -0.25) is 0 Å². The normalized spacial score (nSPS) is 26.5. The molecule has 1 heterocycles. The van der Waals surface area contributed by atoms with Gasteiger partial charge in [-0.25, -0.2) is 0 Å². The van der Waals surface area contributed by atoms with E-state index in [2.05, 4.69) is 69.1 Å². The Labute approximate surface area is 167 Å². The molecule has 0 aromatic carbocycles. The average Bonchev–Trinajstić information content (AvgIpc) is 3.11. The van der Waals surface area contributed by atoms with E-state index in [1.807, 2.05) is 6.08 Å². The van der Waals surface area contributed by atoms with E-state index in [0.717, 1.165) is 39.0 Å². The van der Waals surface area contributed by atoms with Crippen LogP contribution in [0.4, 0.5) is 0 Å². The fourth-order valence-electron chi connectivity index (χ4n) is 4.91. The van der Waals surface area contributed by atoms with Gasteiger partial charge in [0, 0.05) is 18.6 Å². The molecule has 1 saturated carbocycles. The molecule has 1 aliphatic carbocycles. The summed E-state index contributed by atoms with van der Waals surface area (Å²) in [5.41, 5.74) is 3.07. The highest BCUT2D eigenvalue weighted by Crippen LogP contribution is 2.52. The van der Waals surface area contributed by atoms with Crippen molar-refractivity contribution >= 4 is 0 Å². The molecule has 1 saturated heterocycles.